The van der Waals surface area contributed by atoms with Crippen molar-refractivity contribution in [1.82, 2.24) is 0 Å². The molecular weight excluding hydrogens is 337 g/mol. The van der Waals surface area contributed by atoms with Crippen molar-refractivity contribution in [2.75, 3.05) is 22.7 Å². The molecular formula is C13H17N2O2SY-. The molecule has 1 aromatic carbocycles. The first-order chi connectivity index (χ1) is 8.66. The third-order valence-corrected chi connectivity index (χ3v) is 4.28. The zero-order chi connectivity index (χ0) is 12.7. The molecule has 101 valence electrons. The predicted octanol–water partition coefficient (Wildman–Crippen LogP) is 1.90. The van der Waals surface area contributed by atoms with Crippen LogP contribution >= 0.6 is 0 Å². The largest absolute Gasteiger partial charge is 0.755 e. The number of rotatable bonds is 2. The van der Waals surface area contributed by atoms with E-state index in [4.69, 9.17) is 0 Å². The van der Waals surface area contributed by atoms with Crippen molar-refractivity contribution >= 4 is 22.6 Å². The first-order valence-electron chi connectivity index (χ1n) is 6.43. The molecule has 0 amide bonds. The van der Waals surface area contributed by atoms with Crippen molar-refractivity contribution in [3.8, 4) is 0 Å². The second kappa shape index (κ2) is 6.21. The molecule has 2 heterocycles. The second-order valence-corrected chi connectivity index (χ2v) is 5.76. The fourth-order valence-electron chi connectivity index (χ4n) is 3.25. The first-order valence-corrected chi connectivity index (χ1v) is 7.50. The minimum atomic E-state index is -2.25. The smallest absolute Gasteiger partial charge is 0.0534 e. The standard InChI is InChI=1S/C13H18N2O2S.Y/c1-9-8-10-4-2-6-15-7-3-5-11(13(10)15)12(9)14-18(16)17;/h8,14H,2-7H2,1H3,(H,16,17);/p-1. The summed E-state index contributed by atoms with van der Waals surface area (Å²) in [5, 5.41) is 0. The molecule has 0 aliphatic carbocycles. The maximum atomic E-state index is 10.9. The number of anilines is 2. The van der Waals surface area contributed by atoms with E-state index in [1.54, 1.807) is 0 Å². The van der Waals surface area contributed by atoms with Gasteiger partial charge in [-0.1, -0.05) is 6.07 Å². The minimum absolute atomic E-state index is 0. The summed E-state index contributed by atoms with van der Waals surface area (Å²) in [5.74, 6) is 0. The molecule has 1 atom stereocenters. The Hall–Kier alpha value is 0.0339. The Morgan fingerprint density at radius 3 is 2.68 bits per heavy atom. The van der Waals surface area contributed by atoms with Crippen LogP contribution in [0, 0.1) is 6.92 Å². The molecule has 4 nitrogen and oxygen atoms in total. The molecule has 2 aliphatic rings. The topological polar surface area (TPSA) is 55.4 Å². The van der Waals surface area contributed by atoms with Gasteiger partial charge >= 0.3 is 0 Å². The summed E-state index contributed by atoms with van der Waals surface area (Å²) in [7, 11) is 0. The molecule has 0 saturated heterocycles. The molecule has 0 fully saturated rings. The molecule has 0 aromatic heterocycles. The molecule has 19 heavy (non-hydrogen) atoms. The van der Waals surface area contributed by atoms with Crippen molar-refractivity contribution in [2.24, 2.45) is 0 Å². The van der Waals surface area contributed by atoms with E-state index in [9.17, 15) is 8.76 Å². The maximum Gasteiger partial charge on any atom is 0.0534 e. The van der Waals surface area contributed by atoms with Gasteiger partial charge in [-0.3, -0.25) is 4.21 Å². The molecule has 1 N–H and O–H groups in total. The molecule has 6 heteroatoms. The van der Waals surface area contributed by atoms with Crippen LogP contribution in [-0.4, -0.2) is 21.9 Å². The summed E-state index contributed by atoms with van der Waals surface area (Å²) in [6, 6.07) is 2.14. The molecule has 2 aliphatic heterocycles. The second-order valence-electron chi connectivity index (χ2n) is 5.09. The molecule has 1 aromatic rings. The Morgan fingerprint density at radius 2 is 2.00 bits per heavy atom. The molecule has 0 saturated carbocycles. The molecule has 1 unspecified atom stereocenters. The SMILES string of the molecule is Cc1cc2c3c(c1NS(=O)[O-])CCCN3CCC2.[Y]. The fraction of sp³-hybridized carbons (Fsp3) is 0.538. The third kappa shape index (κ3) is 2.89. The molecule has 0 bridgehead atoms. The van der Waals surface area contributed by atoms with Gasteiger partial charge in [0, 0.05) is 68.3 Å². The Kier molecular flexibility index (Phi) is 5.04. The third-order valence-electron chi connectivity index (χ3n) is 3.91. The monoisotopic (exact) mass is 354 g/mol. The molecule has 1 radical (unpaired) electrons. The quantitative estimate of drug-likeness (QED) is 0.826. The molecule has 0 spiro atoms. The van der Waals surface area contributed by atoms with Crippen molar-refractivity contribution in [2.45, 2.75) is 32.6 Å². The molecule has 3 rings (SSSR count). The Labute approximate surface area is 141 Å². The van der Waals surface area contributed by atoms with Gasteiger partial charge in [-0.15, -0.1) is 0 Å². The summed E-state index contributed by atoms with van der Waals surface area (Å²) in [4.78, 5) is 2.41. The first kappa shape index (κ1) is 15.4. The van der Waals surface area contributed by atoms with Crippen molar-refractivity contribution in [1.29, 1.82) is 0 Å². The van der Waals surface area contributed by atoms with E-state index in [-0.39, 0.29) is 32.7 Å². The number of aryl methyl sites for hydroxylation is 2. The van der Waals surface area contributed by atoms with Crippen LogP contribution in [0.1, 0.15) is 29.5 Å². The average Bonchev–Trinajstić information content (AvgIpc) is 2.34. The number of nitrogens with one attached hydrogen (secondary N) is 1. The van der Waals surface area contributed by atoms with Crippen LogP contribution in [0.25, 0.3) is 0 Å². The Balaban J connectivity index is 0.00000133. The number of nitrogens with zero attached hydrogens (tertiary/aromatic N) is 1. The van der Waals surface area contributed by atoms with Gasteiger partial charge in [0.25, 0.3) is 0 Å². The van der Waals surface area contributed by atoms with E-state index in [2.05, 4.69) is 15.7 Å². The van der Waals surface area contributed by atoms with E-state index in [1.165, 1.54) is 23.2 Å². The van der Waals surface area contributed by atoms with Gasteiger partial charge in [-0.25, -0.2) is 0 Å². The van der Waals surface area contributed by atoms with Crippen molar-refractivity contribution < 1.29 is 41.5 Å². The van der Waals surface area contributed by atoms with Crippen LogP contribution in [0.5, 0.6) is 0 Å². The number of hydrogen-bond donors (Lipinski definition) is 1. The zero-order valence-corrected chi connectivity index (χ0v) is 14.7. The van der Waals surface area contributed by atoms with E-state index >= 15 is 0 Å². The van der Waals surface area contributed by atoms with Gasteiger partial charge in [0.15, 0.2) is 0 Å². The van der Waals surface area contributed by atoms with Crippen molar-refractivity contribution in [3.63, 3.8) is 0 Å². The number of benzene rings is 1. The van der Waals surface area contributed by atoms with Crippen LogP contribution < -0.4 is 9.62 Å². The summed E-state index contributed by atoms with van der Waals surface area (Å²) in [5.41, 5.74) is 5.72. The van der Waals surface area contributed by atoms with E-state index in [0.717, 1.165) is 43.6 Å². The number of hydrogen-bond acceptors (Lipinski definition) is 3. The van der Waals surface area contributed by atoms with Gasteiger partial charge in [-0.05, 0) is 43.7 Å². The van der Waals surface area contributed by atoms with Gasteiger partial charge in [0.1, 0.15) is 0 Å². The predicted molar refractivity (Wildman–Crippen MR) is 72.6 cm³/mol. The average molecular weight is 354 g/mol. The van der Waals surface area contributed by atoms with E-state index in [0.29, 0.717) is 0 Å². The zero-order valence-electron chi connectivity index (χ0n) is 11.1. The Bertz CT molecular complexity index is 520. The summed E-state index contributed by atoms with van der Waals surface area (Å²) < 4.78 is 24.5. The van der Waals surface area contributed by atoms with Crippen LogP contribution in [0.15, 0.2) is 6.07 Å². The summed E-state index contributed by atoms with van der Waals surface area (Å²) >= 11 is -2.25. The van der Waals surface area contributed by atoms with Gasteiger partial charge in [0.05, 0.1) is 5.69 Å². The van der Waals surface area contributed by atoms with Crippen LogP contribution in [0.4, 0.5) is 11.4 Å². The fourth-order valence-corrected chi connectivity index (χ4v) is 3.70. The van der Waals surface area contributed by atoms with Gasteiger partial charge in [0.2, 0.25) is 0 Å². The summed E-state index contributed by atoms with van der Waals surface area (Å²) in [6.07, 6.45) is 4.39. The Morgan fingerprint density at radius 1 is 1.32 bits per heavy atom. The maximum absolute atomic E-state index is 10.9. The van der Waals surface area contributed by atoms with E-state index < -0.39 is 11.3 Å². The van der Waals surface area contributed by atoms with Crippen LogP contribution in [-0.2, 0) is 56.8 Å². The minimum Gasteiger partial charge on any atom is -0.755 e. The normalized spacial score (nSPS) is 18.3. The van der Waals surface area contributed by atoms with Gasteiger partial charge < -0.3 is 14.2 Å². The van der Waals surface area contributed by atoms with Crippen LogP contribution in [0.2, 0.25) is 0 Å². The van der Waals surface area contributed by atoms with Crippen molar-refractivity contribution in [3.05, 3.63) is 22.8 Å². The van der Waals surface area contributed by atoms with E-state index in [1.807, 2.05) is 6.92 Å². The summed E-state index contributed by atoms with van der Waals surface area (Å²) in [6.45, 7) is 4.19. The van der Waals surface area contributed by atoms with Gasteiger partial charge in [-0.2, -0.15) is 0 Å². The van der Waals surface area contributed by atoms with Crippen LogP contribution in [0.3, 0.4) is 0 Å².